The molecule has 1 N–H and O–H groups in total. The maximum Gasteiger partial charge on any atom is 0.391 e. The van der Waals surface area contributed by atoms with Gasteiger partial charge in [-0.25, -0.2) is 0 Å². The molecular weight excluding hydrogens is 291 g/mol. The van der Waals surface area contributed by atoms with E-state index in [0.717, 1.165) is 19.3 Å². The van der Waals surface area contributed by atoms with Crippen LogP contribution < -0.4 is 5.32 Å². The highest BCUT2D eigenvalue weighted by atomic mass is 35.5. The first-order valence-electron chi connectivity index (χ1n) is 7.34. The van der Waals surface area contributed by atoms with E-state index < -0.39 is 12.1 Å². The Hall–Kier alpha value is -0.450. The summed E-state index contributed by atoms with van der Waals surface area (Å²) in [5.74, 6) is -1.13. The summed E-state index contributed by atoms with van der Waals surface area (Å²) in [7, 11) is 0. The molecule has 2 aliphatic rings. The summed E-state index contributed by atoms with van der Waals surface area (Å²) in [4.78, 5) is 12.0. The van der Waals surface area contributed by atoms with Gasteiger partial charge in [-0.3, -0.25) is 4.79 Å². The molecule has 0 spiro atoms. The second-order valence-corrected chi connectivity index (χ2v) is 6.73. The number of carbonyl (C=O) groups excluding carboxylic acids is 1. The summed E-state index contributed by atoms with van der Waals surface area (Å²) in [6, 6.07) is 0. The van der Waals surface area contributed by atoms with Gasteiger partial charge in [0.2, 0.25) is 5.91 Å². The van der Waals surface area contributed by atoms with Crippen LogP contribution in [0.15, 0.2) is 0 Å². The summed E-state index contributed by atoms with van der Waals surface area (Å²) in [6.45, 7) is 0.612. The number of nitrogens with one attached hydrogen (secondary N) is 1. The van der Waals surface area contributed by atoms with Gasteiger partial charge in [0.1, 0.15) is 0 Å². The molecule has 20 heavy (non-hydrogen) atoms. The maximum atomic E-state index is 12.5. The normalized spacial score (nSPS) is 35.0. The zero-order valence-corrected chi connectivity index (χ0v) is 12.1. The fourth-order valence-electron chi connectivity index (χ4n) is 3.27. The van der Waals surface area contributed by atoms with Crippen molar-refractivity contribution in [2.75, 3.05) is 6.54 Å². The van der Waals surface area contributed by atoms with Gasteiger partial charge in [-0.2, -0.15) is 13.2 Å². The van der Waals surface area contributed by atoms with Crippen LogP contribution in [0.1, 0.15) is 44.9 Å². The van der Waals surface area contributed by atoms with Crippen molar-refractivity contribution in [3.8, 4) is 0 Å². The van der Waals surface area contributed by atoms with Gasteiger partial charge in [0, 0.05) is 17.8 Å². The van der Waals surface area contributed by atoms with Crippen molar-refractivity contribution >= 4 is 17.5 Å². The van der Waals surface area contributed by atoms with Crippen molar-refractivity contribution < 1.29 is 18.0 Å². The highest BCUT2D eigenvalue weighted by Crippen LogP contribution is 2.39. The molecule has 2 saturated carbocycles. The molecule has 2 unspecified atom stereocenters. The standard InChI is InChI=1S/C14H21ClF3NO/c15-12-6-1-9(7-12)8-19-13(20)10-2-4-11(5-3-10)14(16,17)18/h9-12H,1-8H2,(H,19,20). The Kier molecular flexibility index (Phi) is 5.21. The molecule has 0 aromatic rings. The first kappa shape index (κ1) is 15.9. The third-order valence-corrected chi connectivity index (χ3v) is 5.00. The van der Waals surface area contributed by atoms with Gasteiger partial charge in [0.15, 0.2) is 0 Å². The lowest BCUT2D eigenvalue weighted by Crippen LogP contribution is -2.37. The lowest BCUT2D eigenvalue weighted by molar-refractivity contribution is -0.184. The van der Waals surface area contributed by atoms with E-state index in [2.05, 4.69) is 5.32 Å². The monoisotopic (exact) mass is 311 g/mol. The number of alkyl halides is 4. The molecule has 2 fully saturated rings. The second kappa shape index (κ2) is 6.54. The molecule has 2 rings (SSSR count). The van der Waals surface area contributed by atoms with Gasteiger partial charge in [-0.1, -0.05) is 0 Å². The van der Waals surface area contributed by atoms with Crippen molar-refractivity contribution in [2.45, 2.75) is 56.5 Å². The quantitative estimate of drug-likeness (QED) is 0.787. The van der Waals surface area contributed by atoms with Crippen LogP contribution in [0.4, 0.5) is 13.2 Å². The minimum atomic E-state index is -4.11. The van der Waals surface area contributed by atoms with E-state index in [9.17, 15) is 18.0 Å². The van der Waals surface area contributed by atoms with E-state index in [0.29, 0.717) is 25.3 Å². The summed E-state index contributed by atoms with van der Waals surface area (Å²) in [5, 5.41) is 3.10. The van der Waals surface area contributed by atoms with E-state index in [1.165, 1.54) is 0 Å². The Bertz CT molecular complexity index is 340. The van der Waals surface area contributed by atoms with Gasteiger partial charge in [-0.05, 0) is 50.9 Å². The number of carbonyl (C=O) groups is 1. The summed E-state index contributed by atoms with van der Waals surface area (Å²) in [5.41, 5.74) is 0. The largest absolute Gasteiger partial charge is 0.391 e. The first-order valence-corrected chi connectivity index (χ1v) is 7.78. The number of amides is 1. The van der Waals surface area contributed by atoms with Crippen LogP contribution in [-0.4, -0.2) is 24.0 Å². The summed E-state index contributed by atoms with van der Waals surface area (Å²) >= 11 is 6.01. The number of hydrogen-bond acceptors (Lipinski definition) is 1. The average Bonchev–Trinajstić information content (AvgIpc) is 2.81. The molecule has 0 aliphatic heterocycles. The highest BCUT2D eigenvalue weighted by Gasteiger charge is 2.42. The number of rotatable bonds is 3. The van der Waals surface area contributed by atoms with Crippen molar-refractivity contribution in [3.63, 3.8) is 0 Å². The number of hydrogen-bond donors (Lipinski definition) is 1. The van der Waals surface area contributed by atoms with E-state index in [4.69, 9.17) is 11.6 Å². The molecule has 0 bridgehead atoms. The lowest BCUT2D eigenvalue weighted by atomic mass is 9.81. The zero-order chi connectivity index (χ0) is 14.8. The lowest BCUT2D eigenvalue weighted by Gasteiger charge is -2.29. The third kappa shape index (κ3) is 4.27. The smallest absolute Gasteiger partial charge is 0.356 e. The van der Waals surface area contributed by atoms with Crippen LogP contribution in [-0.2, 0) is 4.79 Å². The van der Waals surface area contributed by atoms with Crippen LogP contribution in [0.25, 0.3) is 0 Å². The van der Waals surface area contributed by atoms with Crippen molar-refractivity contribution in [1.82, 2.24) is 5.32 Å². The van der Waals surface area contributed by atoms with Gasteiger partial charge >= 0.3 is 6.18 Å². The Balaban J connectivity index is 1.69. The second-order valence-electron chi connectivity index (χ2n) is 6.11. The first-order chi connectivity index (χ1) is 9.36. The van der Waals surface area contributed by atoms with Crippen LogP contribution in [0, 0.1) is 17.8 Å². The molecule has 2 nitrogen and oxygen atoms in total. The molecule has 1 amide bonds. The van der Waals surface area contributed by atoms with Gasteiger partial charge in [-0.15, -0.1) is 11.6 Å². The molecule has 116 valence electrons. The molecule has 0 aromatic carbocycles. The molecule has 0 radical (unpaired) electrons. The van der Waals surface area contributed by atoms with Crippen LogP contribution in [0.2, 0.25) is 0 Å². The number of halogens is 4. The fraction of sp³-hybridized carbons (Fsp3) is 0.929. The van der Waals surface area contributed by atoms with Gasteiger partial charge in [0.05, 0.1) is 5.92 Å². The van der Waals surface area contributed by atoms with E-state index in [1.54, 1.807) is 0 Å². The Morgan fingerprint density at radius 1 is 1.10 bits per heavy atom. The molecule has 2 atom stereocenters. The van der Waals surface area contributed by atoms with Gasteiger partial charge < -0.3 is 5.32 Å². The third-order valence-electron chi connectivity index (χ3n) is 4.60. The summed E-state index contributed by atoms with van der Waals surface area (Å²) < 4.78 is 37.6. The highest BCUT2D eigenvalue weighted by molar-refractivity contribution is 6.20. The SMILES string of the molecule is O=C(NCC1CCC(Cl)C1)C1CCC(C(F)(F)F)CC1. The predicted octanol–water partition coefficient (Wildman–Crippen LogP) is 3.88. The van der Waals surface area contributed by atoms with Crippen LogP contribution in [0.3, 0.4) is 0 Å². The minimum Gasteiger partial charge on any atom is -0.356 e. The Morgan fingerprint density at radius 2 is 1.75 bits per heavy atom. The molecule has 2 aliphatic carbocycles. The van der Waals surface area contributed by atoms with E-state index in [1.807, 2.05) is 0 Å². The molecule has 6 heteroatoms. The molecular formula is C14H21ClF3NO. The minimum absolute atomic E-state index is 0.0781. The molecule has 0 heterocycles. The van der Waals surface area contributed by atoms with Crippen molar-refractivity contribution in [3.05, 3.63) is 0 Å². The Labute approximate surface area is 122 Å². The molecule has 0 aromatic heterocycles. The van der Waals surface area contributed by atoms with Gasteiger partial charge in [0.25, 0.3) is 0 Å². The topological polar surface area (TPSA) is 29.1 Å². The fourth-order valence-corrected chi connectivity index (χ4v) is 3.65. The van der Waals surface area contributed by atoms with E-state index >= 15 is 0 Å². The molecule has 0 saturated heterocycles. The van der Waals surface area contributed by atoms with Crippen molar-refractivity contribution in [1.29, 1.82) is 0 Å². The van der Waals surface area contributed by atoms with Crippen LogP contribution >= 0.6 is 11.6 Å². The average molecular weight is 312 g/mol. The zero-order valence-electron chi connectivity index (χ0n) is 11.4. The maximum absolute atomic E-state index is 12.5. The van der Waals surface area contributed by atoms with Crippen LogP contribution in [0.5, 0.6) is 0 Å². The van der Waals surface area contributed by atoms with Crippen molar-refractivity contribution in [2.24, 2.45) is 17.8 Å². The summed E-state index contributed by atoms with van der Waals surface area (Å²) in [6.07, 6.45) is -0.335. The Morgan fingerprint density at radius 3 is 2.25 bits per heavy atom. The van der Waals surface area contributed by atoms with E-state index in [-0.39, 0.29) is 30.0 Å². The predicted molar refractivity (Wildman–Crippen MR) is 71.5 cm³/mol.